The van der Waals surface area contributed by atoms with Crippen molar-refractivity contribution in [3.05, 3.63) is 65.2 Å². The van der Waals surface area contributed by atoms with Crippen LogP contribution in [0.5, 0.6) is 0 Å². The average molecular weight is 286 g/mol. The van der Waals surface area contributed by atoms with Gasteiger partial charge in [-0.25, -0.2) is 4.39 Å². The summed E-state index contributed by atoms with van der Waals surface area (Å²) in [5, 5.41) is 3.34. The number of halogens is 1. The number of nitrogens with one attached hydrogen (secondary N) is 1. The lowest BCUT2D eigenvalue weighted by molar-refractivity contribution is 0.0277. The standard InChI is InChI=1S/C17H19FN2O/c18-15-6-8-16(20-11-15)7-3-13-1-4-14(5-2-13)17-12-19-9-10-21-17/h1-2,4-6,8,11,17,19H,3,7,9-10,12H2/t17-/m1/s1. The summed E-state index contributed by atoms with van der Waals surface area (Å²) in [6.45, 7) is 2.57. The molecule has 1 aromatic heterocycles. The van der Waals surface area contributed by atoms with Gasteiger partial charge in [0, 0.05) is 18.8 Å². The lowest BCUT2D eigenvalue weighted by atomic mass is 10.0. The summed E-state index contributed by atoms with van der Waals surface area (Å²) in [5.41, 5.74) is 3.39. The Labute approximate surface area is 124 Å². The van der Waals surface area contributed by atoms with Crippen molar-refractivity contribution >= 4 is 0 Å². The zero-order chi connectivity index (χ0) is 14.5. The summed E-state index contributed by atoms with van der Waals surface area (Å²) < 4.78 is 18.5. The van der Waals surface area contributed by atoms with Crippen LogP contribution < -0.4 is 5.32 Å². The van der Waals surface area contributed by atoms with Crippen LogP contribution in [0, 0.1) is 5.82 Å². The van der Waals surface area contributed by atoms with E-state index in [1.54, 1.807) is 6.07 Å². The number of hydrogen-bond acceptors (Lipinski definition) is 3. The molecule has 110 valence electrons. The molecular weight excluding hydrogens is 267 g/mol. The molecule has 1 aliphatic rings. The van der Waals surface area contributed by atoms with Crippen LogP contribution in [0.25, 0.3) is 0 Å². The Morgan fingerprint density at radius 3 is 2.67 bits per heavy atom. The van der Waals surface area contributed by atoms with Crippen molar-refractivity contribution in [1.82, 2.24) is 10.3 Å². The van der Waals surface area contributed by atoms with E-state index in [-0.39, 0.29) is 11.9 Å². The highest BCUT2D eigenvalue weighted by Gasteiger charge is 2.15. The summed E-state index contributed by atoms with van der Waals surface area (Å²) in [6.07, 6.45) is 3.15. The molecule has 1 aromatic carbocycles. The normalized spacial score (nSPS) is 18.6. The summed E-state index contributed by atoms with van der Waals surface area (Å²) in [4.78, 5) is 4.08. The van der Waals surface area contributed by atoms with Gasteiger partial charge in [0.05, 0.1) is 18.9 Å². The third-order valence-electron chi connectivity index (χ3n) is 3.74. The maximum atomic E-state index is 12.8. The fraction of sp³-hybridized carbons (Fsp3) is 0.353. The van der Waals surface area contributed by atoms with E-state index in [1.807, 2.05) is 0 Å². The number of aromatic nitrogens is 1. The van der Waals surface area contributed by atoms with Crippen LogP contribution in [-0.2, 0) is 17.6 Å². The van der Waals surface area contributed by atoms with Crippen LogP contribution >= 0.6 is 0 Å². The van der Waals surface area contributed by atoms with Gasteiger partial charge in [0.25, 0.3) is 0 Å². The van der Waals surface area contributed by atoms with E-state index in [0.29, 0.717) is 0 Å². The first-order chi connectivity index (χ1) is 10.3. The van der Waals surface area contributed by atoms with Gasteiger partial charge >= 0.3 is 0 Å². The highest BCUT2D eigenvalue weighted by molar-refractivity contribution is 5.25. The topological polar surface area (TPSA) is 34.1 Å². The first-order valence-corrected chi connectivity index (χ1v) is 7.33. The van der Waals surface area contributed by atoms with E-state index in [1.165, 1.54) is 23.4 Å². The third kappa shape index (κ3) is 3.86. The van der Waals surface area contributed by atoms with Crippen LogP contribution in [0.4, 0.5) is 4.39 Å². The fourth-order valence-corrected chi connectivity index (χ4v) is 2.51. The molecule has 1 N–H and O–H groups in total. The number of aryl methyl sites for hydroxylation is 2. The van der Waals surface area contributed by atoms with Crippen molar-refractivity contribution in [3.63, 3.8) is 0 Å². The molecule has 0 unspecified atom stereocenters. The van der Waals surface area contributed by atoms with Gasteiger partial charge < -0.3 is 10.1 Å². The Kier molecular flexibility index (Phi) is 4.58. The van der Waals surface area contributed by atoms with Gasteiger partial charge in [0.2, 0.25) is 0 Å². The van der Waals surface area contributed by atoms with Gasteiger partial charge in [-0.15, -0.1) is 0 Å². The second kappa shape index (κ2) is 6.78. The molecule has 0 radical (unpaired) electrons. The van der Waals surface area contributed by atoms with E-state index < -0.39 is 0 Å². The fourth-order valence-electron chi connectivity index (χ4n) is 2.51. The first kappa shape index (κ1) is 14.2. The molecule has 1 aliphatic heterocycles. The van der Waals surface area contributed by atoms with E-state index in [0.717, 1.165) is 38.2 Å². The Bertz CT molecular complexity index is 562. The van der Waals surface area contributed by atoms with E-state index >= 15 is 0 Å². The van der Waals surface area contributed by atoms with Crippen molar-refractivity contribution in [2.24, 2.45) is 0 Å². The predicted octanol–water partition coefficient (Wildman–Crippen LogP) is 2.67. The SMILES string of the molecule is Fc1ccc(CCc2ccc([C@H]3CNCCO3)cc2)nc1. The summed E-state index contributed by atoms with van der Waals surface area (Å²) in [5.74, 6) is -0.288. The minimum absolute atomic E-state index is 0.159. The minimum atomic E-state index is -0.288. The van der Waals surface area contributed by atoms with Crippen LogP contribution in [-0.4, -0.2) is 24.7 Å². The van der Waals surface area contributed by atoms with Crippen LogP contribution in [0.1, 0.15) is 22.9 Å². The van der Waals surface area contributed by atoms with E-state index in [2.05, 4.69) is 34.6 Å². The molecular formula is C17H19FN2O. The molecule has 0 amide bonds. The second-order valence-electron chi connectivity index (χ2n) is 5.27. The molecule has 1 fully saturated rings. The average Bonchev–Trinajstić information content (AvgIpc) is 2.56. The van der Waals surface area contributed by atoms with Crippen LogP contribution in [0.2, 0.25) is 0 Å². The van der Waals surface area contributed by atoms with Crippen molar-refractivity contribution < 1.29 is 9.13 Å². The van der Waals surface area contributed by atoms with Gasteiger partial charge in [0.15, 0.2) is 0 Å². The van der Waals surface area contributed by atoms with Crippen molar-refractivity contribution in [3.8, 4) is 0 Å². The highest BCUT2D eigenvalue weighted by atomic mass is 19.1. The monoisotopic (exact) mass is 286 g/mol. The number of pyridine rings is 1. The summed E-state index contributed by atoms with van der Waals surface area (Å²) in [7, 11) is 0. The predicted molar refractivity (Wildman–Crippen MR) is 79.6 cm³/mol. The summed E-state index contributed by atoms with van der Waals surface area (Å²) in [6, 6.07) is 11.7. The number of hydrogen-bond donors (Lipinski definition) is 1. The molecule has 3 nitrogen and oxygen atoms in total. The molecule has 1 atom stereocenters. The number of rotatable bonds is 4. The molecule has 2 heterocycles. The second-order valence-corrected chi connectivity index (χ2v) is 5.27. The lowest BCUT2D eigenvalue weighted by Crippen LogP contribution is -2.33. The van der Waals surface area contributed by atoms with Crippen molar-refractivity contribution in [1.29, 1.82) is 0 Å². The molecule has 0 spiro atoms. The number of benzene rings is 1. The molecule has 0 aliphatic carbocycles. The molecule has 0 bridgehead atoms. The van der Waals surface area contributed by atoms with E-state index in [4.69, 9.17) is 4.74 Å². The van der Waals surface area contributed by atoms with Crippen molar-refractivity contribution in [2.45, 2.75) is 18.9 Å². The van der Waals surface area contributed by atoms with Crippen LogP contribution in [0.15, 0.2) is 42.6 Å². The molecule has 2 aromatic rings. The quantitative estimate of drug-likeness (QED) is 0.938. The van der Waals surface area contributed by atoms with Crippen LogP contribution in [0.3, 0.4) is 0 Å². The Morgan fingerprint density at radius 2 is 2.00 bits per heavy atom. The van der Waals surface area contributed by atoms with E-state index in [9.17, 15) is 4.39 Å². The zero-order valence-corrected chi connectivity index (χ0v) is 11.9. The largest absolute Gasteiger partial charge is 0.371 e. The number of nitrogens with zero attached hydrogens (tertiary/aromatic N) is 1. The van der Waals surface area contributed by atoms with Crippen molar-refractivity contribution in [2.75, 3.05) is 19.7 Å². The van der Waals surface area contributed by atoms with Gasteiger partial charge in [-0.2, -0.15) is 0 Å². The molecule has 3 rings (SSSR count). The molecule has 0 saturated carbocycles. The Balaban J connectivity index is 1.57. The summed E-state index contributed by atoms with van der Waals surface area (Å²) >= 11 is 0. The third-order valence-corrected chi connectivity index (χ3v) is 3.74. The Morgan fingerprint density at radius 1 is 1.14 bits per heavy atom. The molecule has 21 heavy (non-hydrogen) atoms. The minimum Gasteiger partial charge on any atom is -0.371 e. The maximum Gasteiger partial charge on any atom is 0.141 e. The molecule has 1 saturated heterocycles. The molecule has 4 heteroatoms. The smallest absolute Gasteiger partial charge is 0.141 e. The zero-order valence-electron chi connectivity index (χ0n) is 11.9. The Hall–Kier alpha value is -1.78. The number of morpholine rings is 1. The lowest BCUT2D eigenvalue weighted by Gasteiger charge is -2.24. The first-order valence-electron chi connectivity index (χ1n) is 7.33. The number of ether oxygens (including phenoxy) is 1. The maximum absolute atomic E-state index is 12.8. The van der Waals surface area contributed by atoms with Gasteiger partial charge in [-0.1, -0.05) is 24.3 Å². The van der Waals surface area contributed by atoms with Gasteiger partial charge in [-0.05, 0) is 36.1 Å². The van der Waals surface area contributed by atoms with Gasteiger partial charge in [-0.3, -0.25) is 4.98 Å². The van der Waals surface area contributed by atoms with Gasteiger partial charge in [0.1, 0.15) is 5.82 Å². The highest BCUT2D eigenvalue weighted by Crippen LogP contribution is 2.19.